The summed E-state index contributed by atoms with van der Waals surface area (Å²) in [5.74, 6) is -0.158. The Morgan fingerprint density at radius 3 is 2.15 bits per heavy atom. The Kier molecular flexibility index (Phi) is 7.13. The normalized spacial score (nSPS) is 12.3. The van der Waals surface area contributed by atoms with E-state index < -0.39 is 0 Å². The average Bonchev–Trinajstić information content (AvgIpc) is 2.55. The molecule has 5 heteroatoms. The van der Waals surface area contributed by atoms with Gasteiger partial charge < -0.3 is 15.5 Å². The molecule has 0 spiro atoms. The number of carbonyl (C=O) groups excluding carboxylic acids is 2. The Morgan fingerprint density at radius 2 is 1.48 bits per heavy atom. The van der Waals surface area contributed by atoms with E-state index in [9.17, 15) is 9.59 Å². The molecule has 0 aliphatic rings. The van der Waals surface area contributed by atoms with Crippen molar-refractivity contribution < 1.29 is 14.5 Å². The molecular weight excluding hydrogens is 338 g/mol. The Labute approximate surface area is 161 Å². The van der Waals surface area contributed by atoms with Crippen molar-refractivity contribution in [2.24, 2.45) is 0 Å². The summed E-state index contributed by atoms with van der Waals surface area (Å²) < 4.78 is 0. The van der Waals surface area contributed by atoms with E-state index in [1.165, 1.54) is 5.56 Å². The van der Waals surface area contributed by atoms with Gasteiger partial charge in [0.05, 0.1) is 7.05 Å². The summed E-state index contributed by atoms with van der Waals surface area (Å²) in [6, 6.07) is 18.0. The van der Waals surface area contributed by atoms with Gasteiger partial charge in [0.25, 0.3) is 11.8 Å². The maximum atomic E-state index is 12.4. The average molecular weight is 369 g/mol. The summed E-state index contributed by atoms with van der Waals surface area (Å²) in [4.78, 5) is 25.3. The lowest BCUT2D eigenvalue weighted by atomic mass is 10.0. The first kappa shape index (κ1) is 20.6. The zero-order valence-electron chi connectivity index (χ0n) is 16.6. The van der Waals surface area contributed by atoms with Crippen LogP contribution in [-0.2, 0) is 16.0 Å². The fraction of sp³-hybridized carbons (Fsp3) is 0.364. The fourth-order valence-corrected chi connectivity index (χ4v) is 2.88. The number of likely N-dealkylation sites (N-methyl/N-ethyl adjacent to an activating group) is 1. The van der Waals surface area contributed by atoms with Gasteiger partial charge in [-0.15, -0.1) is 0 Å². The second-order valence-corrected chi connectivity index (χ2v) is 7.98. The van der Waals surface area contributed by atoms with Crippen LogP contribution in [0.15, 0.2) is 54.6 Å². The zero-order chi connectivity index (χ0) is 19.9. The van der Waals surface area contributed by atoms with Crippen molar-refractivity contribution in [2.75, 3.05) is 25.5 Å². The van der Waals surface area contributed by atoms with E-state index in [4.69, 9.17) is 0 Å². The first-order chi connectivity index (χ1) is 12.7. The van der Waals surface area contributed by atoms with E-state index in [1.54, 1.807) is 0 Å². The third kappa shape index (κ3) is 7.62. The van der Waals surface area contributed by atoms with E-state index in [0.717, 1.165) is 22.6 Å². The van der Waals surface area contributed by atoms with Crippen LogP contribution >= 0.6 is 0 Å². The molecule has 0 aromatic heterocycles. The van der Waals surface area contributed by atoms with Gasteiger partial charge in [-0.1, -0.05) is 48.5 Å². The molecule has 2 amide bonds. The Hall–Kier alpha value is -2.66. The van der Waals surface area contributed by atoms with Crippen molar-refractivity contribution in [1.82, 2.24) is 5.32 Å². The molecular formula is C22H30N3O2+. The van der Waals surface area contributed by atoms with Gasteiger partial charge in [-0.2, -0.15) is 0 Å². The second kappa shape index (κ2) is 9.33. The Bertz CT molecular complexity index is 767. The predicted octanol–water partition coefficient (Wildman–Crippen LogP) is 1.65. The minimum absolute atomic E-state index is 0.0581. The van der Waals surface area contributed by atoms with Gasteiger partial charge in [-0.05, 0) is 44.4 Å². The molecule has 0 bridgehead atoms. The minimum atomic E-state index is -0.268. The van der Waals surface area contributed by atoms with Crippen molar-refractivity contribution in [1.29, 1.82) is 0 Å². The Morgan fingerprint density at radius 1 is 0.889 bits per heavy atom. The summed E-state index contributed by atoms with van der Waals surface area (Å²) in [5, 5.41) is 5.91. The molecule has 0 heterocycles. The summed E-state index contributed by atoms with van der Waals surface area (Å²) in [6.07, 6.45) is 0.758. The molecule has 1 unspecified atom stereocenters. The summed E-state index contributed by atoms with van der Waals surface area (Å²) in [5.41, 5.74) is 2.81. The van der Waals surface area contributed by atoms with Gasteiger partial charge in [0.2, 0.25) is 0 Å². The van der Waals surface area contributed by atoms with E-state index in [-0.39, 0.29) is 30.4 Å². The van der Waals surface area contributed by atoms with E-state index >= 15 is 0 Å². The molecule has 0 radical (unpaired) electrons. The van der Waals surface area contributed by atoms with Crippen LogP contribution in [0.2, 0.25) is 0 Å². The molecule has 144 valence electrons. The molecule has 5 nitrogen and oxygen atoms in total. The van der Waals surface area contributed by atoms with Crippen LogP contribution in [-0.4, -0.2) is 37.5 Å². The first-order valence-electron chi connectivity index (χ1n) is 9.27. The van der Waals surface area contributed by atoms with Crippen LogP contribution in [0.3, 0.4) is 0 Å². The van der Waals surface area contributed by atoms with Crippen LogP contribution in [0.1, 0.15) is 31.9 Å². The smallest absolute Gasteiger partial charge is 0.279 e. The summed E-state index contributed by atoms with van der Waals surface area (Å²) in [6.45, 7) is 6.32. The number of amides is 2. The standard InChI is InChI=1S/C22H29N3O2/c1-22(2,3)24-21(27)16-25(4)15-20(26)23-19-13-9-8-12-18(19)14-17-10-6-5-7-11-17/h5-13H,14-16H2,1-4H3,(H,23,26)(H,24,27)/p+1. The second-order valence-electron chi connectivity index (χ2n) is 7.98. The van der Waals surface area contributed by atoms with Crippen LogP contribution in [0.5, 0.6) is 0 Å². The van der Waals surface area contributed by atoms with Crippen molar-refractivity contribution in [3.63, 3.8) is 0 Å². The summed E-state index contributed by atoms with van der Waals surface area (Å²) >= 11 is 0. The molecule has 0 saturated heterocycles. The topological polar surface area (TPSA) is 62.6 Å². The molecule has 0 aliphatic carbocycles. The highest BCUT2D eigenvalue weighted by molar-refractivity contribution is 5.92. The van der Waals surface area contributed by atoms with E-state index in [0.29, 0.717) is 0 Å². The third-order valence-electron chi connectivity index (χ3n) is 3.97. The van der Waals surface area contributed by atoms with Crippen LogP contribution in [0.4, 0.5) is 5.69 Å². The number of hydrogen-bond acceptors (Lipinski definition) is 2. The van der Waals surface area contributed by atoms with Crippen LogP contribution in [0, 0.1) is 0 Å². The monoisotopic (exact) mass is 368 g/mol. The fourth-order valence-electron chi connectivity index (χ4n) is 2.88. The number of quaternary nitrogens is 1. The maximum Gasteiger partial charge on any atom is 0.279 e. The van der Waals surface area contributed by atoms with E-state index in [1.807, 2.05) is 70.3 Å². The van der Waals surface area contributed by atoms with Crippen LogP contribution in [0.25, 0.3) is 0 Å². The number of benzene rings is 2. The Balaban J connectivity index is 1.93. The molecule has 0 fully saturated rings. The van der Waals surface area contributed by atoms with Gasteiger partial charge in [-0.25, -0.2) is 0 Å². The molecule has 2 aromatic carbocycles. The van der Waals surface area contributed by atoms with Crippen molar-refractivity contribution in [2.45, 2.75) is 32.7 Å². The lowest BCUT2D eigenvalue weighted by molar-refractivity contribution is -0.862. The van der Waals surface area contributed by atoms with Crippen LogP contribution < -0.4 is 15.5 Å². The minimum Gasteiger partial charge on any atom is -0.347 e. The highest BCUT2D eigenvalue weighted by Crippen LogP contribution is 2.18. The lowest BCUT2D eigenvalue weighted by Crippen LogP contribution is -3.11. The maximum absolute atomic E-state index is 12.4. The van der Waals surface area contributed by atoms with E-state index in [2.05, 4.69) is 22.8 Å². The number of rotatable bonds is 7. The molecule has 1 atom stereocenters. The number of anilines is 1. The van der Waals surface area contributed by atoms with Gasteiger partial charge >= 0.3 is 0 Å². The zero-order valence-corrected chi connectivity index (χ0v) is 16.6. The SMILES string of the molecule is C[NH+](CC(=O)Nc1ccccc1Cc1ccccc1)CC(=O)NC(C)(C)C. The summed E-state index contributed by atoms with van der Waals surface area (Å²) in [7, 11) is 1.84. The predicted molar refractivity (Wildman–Crippen MR) is 109 cm³/mol. The van der Waals surface area contributed by atoms with Crippen molar-refractivity contribution in [3.05, 3.63) is 65.7 Å². The number of hydrogen-bond donors (Lipinski definition) is 3. The number of para-hydroxylation sites is 1. The molecule has 27 heavy (non-hydrogen) atoms. The number of nitrogens with one attached hydrogen (secondary N) is 3. The molecule has 0 aliphatic heterocycles. The highest BCUT2D eigenvalue weighted by atomic mass is 16.2. The van der Waals surface area contributed by atoms with Gasteiger partial charge in [0, 0.05) is 11.2 Å². The quantitative estimate of drug-likeness (QED) is 0.696. The first-order valence-corrected chi connectivity index (χ1v) is 9.27. The van der Waals surface area contributed by atoms with Gasteiger partial charge in [0.1, 0.15) is 0 Å². The molecule has 0 saturated carbocycles. The number of carbonyl (C=O) groups is 2. The molecule has 2 rings (SSSR count). The van der Waals surface area contributed by atoms with Crippen molar-refractivity contribution >= 4 is 17.5 Å². The largest absolute Gasteiger partial charge is 0.347 e. The third-order valence-corrected chi connectivity index (χ3v) is 3.97. The van der Waals surface area contributed by atoms with Gasteiger partial charge in [0.15, 0.2) is 13.1 Å². The molecule has 3 N–H and O–H groups in total. The lowest BCUT2D eigenvalue weighted by Gasteiger charge is -2.21. The highest BCUT2D eigenvalue weighted by Gasteiger charge is 2.19. The van der Waals surface area contributed by atoms with Crippen molar-refractivity contribution in [3.8, 4) is 0 Å². The van der Waals surface area contributed by atoms with Gasteiger partial charge in [-0.3, -0.25) is 9.59 Å². The molecule has 2 aromatic rings.